The monoisotopic (exact) mass is 173 g/mol. The van der Waals surface area contributed by atoms with Gasteiger partial charge >= 0.3 is 5.97 Å². The van der Waals surface area contributed by atoms with Crippen LogP contribution in [-0.2, 0) is 9.53 Å². The Morgan fingerprint density at radius 3 is 2.42 bits per heavy atom. The van der Waals surface area contributed by atoms with Crippen LogP contribution in [0.15, 0.2) is 0 Å². The summed E-state index contributed by atoms with van der Waals surface area (Å²) >= 11 is 0. The number of hydrogen-bond donors (Lipinski definition) is 1. The number of hydrogen-bond acceptors (Lipinski definition) is 3. The van der Waals surface area contributed by atoms with Gasteiger partial charge in [-0.25, -0.2) is 0 Å². The molecule has 0 bridgehead atoms. The lowest BCUT2D eigenvalue weighted by Crippen LogP contribution is -2.40. The molecule has 0 saturated heterocycles. The molecule has 2 N–H and O–H groups in total. The molecule has 3 nitrogen and oxygen atoms in total. The largest absolute Gasteiger partial charge is 0.469 e. The maximum Gasteiger partial charge on any atom is 0.307 e. The minimum Gasteiger partial charge on any atom is -0.469 e. The first-order valence-corrected chi connectivity index (χ1v) is 4.23. The topological polar surface area (TPSA) is 52.3 Å². The second kappa shape index (κ2) is 4.45. The summed E-state index contributed by atoms with van der Waals surface area (Å²) < 4.78 is 4.55. The highest BCUT2D eigenvalue weighted by molar-refractivity contribution is 5.70. The summed E-state index contributed by atoms with van der Waals surface area (Å²) in [6.07, 6.45) is 1.13. The van der Waals surface area contributed by atoms with Crippen molar-refractivity contribution < 1.29 is 9.53 Å². The Labute approximate surface area is 74.3 Å². The van der Waals surface area contributed by atoms with Gasteiger partial charge in [-0.1, -0.05) is 13.8 Å². The van der Waals surface area contributed by atoms with E-state index in [1.54, 1.807) is 0 Å². The Kier molecular flexibility index (Phi) is 4.24. The fourth-order valence-electron chi connectivity index (χ4n) is 1.41. The average Bonchev–Trinajstić information content (AvgIpc) is 1.83. The standard InChI is InChI=1S/C9H19NO2/c1-7(2)5-9(3,10)6-8(11)12-4/h7H,5-6,10H2,1-4H3. The van der Waals surface area contributed by atoms with Gasteiger partial charge in [-0.15, -0.1) is 0 Å². The van der Waals surface area contributed by atoms with E-state index in [0.29, 0.717) is 12.3 Å². The molecule has 0 amide bonds. The van der Waals surface area contributed by atoms with Crippen LogP contribution in [0.25, 0.3) is 0 Å². The summed E-state index contributed by atoms with van der Waals surface area (Å²) in [5.74, 6) is 0.269. The van der Waals surface area contributed by atoms with Crippen LogP contribution in [0.1, 0.15) is 33.6 Å². The fourth-order valence-corrected chi connectivity index (χ4v) is 1.41. The summed E-state index contributed by atoms with van der Waals surface area (Å²) in [5, 5.41) is 0. The second-order valence-electron chi connectivity index (χ2n) is 4.00. The first kappa shape index (κ1) is 11.4. The second-order valence-corrected chi connectivity index (χ2v) is 4.00. The molecule has 3 heteroatoms. The third-order valence-electron chi connectivity index (χ3n) is 1.65. The van der Waals surface area contributed by atoms with Gasteiger partial charge in [0.05, 0.1) is 13.5 Å². The smallest absolute Gasteiger partial charge is 0.307 e. The first-order chi connectivity index (χ1) is 5.37. The van der Waals surface area contributed by atoms with E-state index in [1.165, 1.54) is 7.11 Å². The van der Waals surface area contributed by atoms with Gasteiger partial charge in [-0.05, 0) is 19.3 Å². The van der Waals surface area contributed by atoms with E-state index in [1.807, 2.05) is 6.92 Å². The molecule has 0 radical (unpaired) electrons. The van der Waals surface area contributed by atoms with Crippen molar-refractivity contribution in [2.75, 3.05) is 7.11 Å². The van der Waals surface area contributed by atoms with Gasteiger partial charge in [-0.2, -0.15) is 0 Å². The zero-order valence-corrected chi connectivity index (χ0v) is 8.39. The molecule has 0 heterocycles. The Balaban J connectivity index is 3.94. The molecule has 0 saturated carbocycles. The number of methoxy groups -OCH3 is 1. The zero-order chi connectivity index (χ0) is 9.78. The molecule has 0 aliphatic carbocycles. The van der Waals surface area contributed by atoms with Crippen LogP contribution >= 0.6 is 0 Å². The molecule has 0 aromatic carbocycles. The van der Waals surface area contributed by atoms with Crippen molar-refractivity contribution >= 4 is 5.97 Å². The van der Waals surface area contributed by atoms with E-state index in [9.17, 15) is 4.79 Å². The molecule has 0 aliphatic rings. The lowest BCUT2D eigenvalue weighted by Gasteiger charge is -2.25. The van der Waals surface area contributed by atoms with Crippen molar-refractivity contribution in [1.29, 1.82) is 0 Å². The summed E-state index contributed by atoms with van der Waals surface area (Å²) in [4.78, 5) is 10.9. The van der Waals surface area contributed by atoms with Gasteiger partial charge in [0.15, 0.2) is 0 Å². The SMILES string of the molecule is COC(=O)CC(C)(N)CC(C)C. The van der Waals surface area contributed by atoms with Gasteiger partial charge in [0, 0.05) is 5.54 Å². The molecule has 72 valence electrons. The van der Waals surface area contributed by atoms with Gasteiger partial charge in [0.25, 0.3) is 0 Å². The van der Waals surface area contributed by atoms with Crippen molar-refractivity contribution in [2.24, 2.45) is 11.7 Å². The van der Waals surface area contributed by atoms with Crippen LogP contribution in [0.3, 0.4) is 0 Å². The van der Waals surface area contributed by atoms with E-state index >= 15 is 0 Å². The van der Waals surface area contributed by atoms with Crippen LogP contribution in [0.4, 0.5) is 0 Å². The molecule has 1 unspecified atom stereocenters. The minimum absolute atomic E-state index is 0.236. The Morgan fingerprint density at radius 2 is 2.08 bits per heavy atom. The van der Waals surface area contributed by atoms with Gasteiger partial charge in [0.2, 0.25) is 0 Å². The maximum atomic E-state index is 10.9. The van der Waals surface area contributed by atoms with Crippen molar-refractivity contribution in [3.05, 3.63) is 0 Å². The van der Waals surface area contributed by atoms with Crippen molar-refractivity contribution in [1.82, 2.24) is 0 Å². The maximum absolute atomic E-state index is 10.9. The summed E-state index contributed by atoms with van der Waals surface area (Å²) in [6, 6.07) is 0. The van der Waals surface area contributed by atoms with Crippen LogP contribution < -0.4 is 5.73 Å². The van der Waals surface area contributed by atoms with Crippen molar-refractivity contribution in [3.63, 3.8) is 0 Å². The number of carbonyl (C=O) groups is 1. The fraction of sp³-hybridized carbons (Fsp3) is 0.889. The molecule has 0 fully saturated rings. The normalized spacial score (nSPS) is 15.8. The quantitative estimate of drug-likeness (QED) is 0.652. The Bertz CT molecular complexity index is 153. The van der Waals surface area contributed by atoms with Crippen LogP contribution in [-0.4, -0.2) is 18.6 Å². The van der Waals surface area contributed by atoms with E-state index in [-0.39, 0.29) is 5.97 Å². The molecule has 12 heavy (non-hydrogen) atoms. The van der Waals surface area contributed by atoms with Crippen LogP contribution in [0.5, 0.6) is 0 Å². The summed E-state index contributed by atoms with van der Waals surface area (Å²) in [6.45, 7) is 6.05. The first-order valence-electron chi connectivity index (χ1n) is 4.23. The lowest BCUT2D eigenvalue weighted by molar-refractivity contribution is -0.142. The number of nitrogens with two attached hydrogens (primary N) is 1. The lowest BCUT2D eigenvalue weighted by atomic mass is 9.89. The summed E-state index contributed by atoms with van der Waals surface area (Å²) in [5.41, 5.74) is 5.46. The van der Waals surface area contributed by atoms with Gasteiger partial charge in [-0.3, -0.25) is 4.79 Å². The molecule has 0 aromatic heterocycles. The van der Waals surface area contributed by atoms with Gasteiger partial charge in [0.1, 0.15) is 0 Å². The number of carbonyl (C=O) groups excluding carboxylic acids is 1. The van der Waals surface area contributed by atoms with E-state index in [4.69, 9.17) is 5.73 Å². The van der Waals surface area contributed by atoms with Crippen LogP contribution in [0.2, 0.25) is 0 Å². The Hall–Kier alpha value is -0.570. The van der Waals surface area contributed by atoms with Crippen molar-refractivity contribution in [3.8, 4) is 0 Å². The highest BCUT2D eigenvalue weighted by atomic mass is 16.5. The third kappa shape index (κ3) is 5.13. The molecule has 0 rings (SSSR count). The zero-order valence-electron chi connectivity index (χ0n) is 8.39. The van der Waals surface area contributed by atoms with Gasteiger partial charge < -0.3 is 10.5 Å². The van der Waals surface area contributed by atoms with E-state index in [0.717, 1.165) is 6.42 Å². The number of rotatable bonds is 4. The molecule has 1 atom stereocenters. The average molecular weight is 173 g/mol. The molecular weight excluding hydrogens is 154 g/mol. The highest BCUT2D eigenvalue weighted by Gasteiger charge is 2.23. The molecule has 0 aromatic rings. The summed E-state index contributed by atoms with van der Waals surface area (Å²) in [7, 11) is 1.38. The Morgan fingerprint density at radius 1 is 1.58 bits per heavy atom. The molecular formula is C9H19NO2. The van der Waals surface area contributed by atoms with E-state index in [2.05, 4.69) is 18.6 Å². The van der Waals surface area contributed by atoms with Crippen LogP contribution in [0, 0.1) is 5.92 Å². The van der Waals surface area contributed by atoms with E-state index < -0.39 is 5.54 Å². The van der Waals surface area contributed by atoms with Crippen molar-refractivity contribution in [2.45, 2.75) is 39.2 Å². The molecule has 0 spiro atoms. The predicted octanol–water partition coefficient (Wildman–Crippen LogP) is 1.31. The third-order valence-corrected chi connectivity index (χ3v) is 1.65. The number of ether oxygens (including phenoxy) is 1. The predicted molar refractivity (Wildman–Crippen MR) is 48.7 cm³/mol. The highest BCUT2D eigenvalue weighted by Crippen LogP contribution is 2.17. The minimum atomic E-state index is -0.429. The number of esters is 1. The molecule has 0 aliphatic heterocycles.